The minimum Gasteiger partial charge on any atom is -0.293 e. The van der Waals surface area contributed by atoms with E-state index in [2.05, 4.69) is 20.9 Å². The van der Waals surface area contributed by atoms with E-state index in [1.807, 2.05) is 30.3 Å². The Hall–Kier alpha value is -1.48. The van der Waals surface area contributed by atoms with Gasteiger partial charge in [-0.2, -0.15) is 0 Å². The van der Waals surface area contributed by atoms with Gasteiger partial charge in [-0.15, -0.1) is 0 Å². The quantitative estimate of drug-likeness (QED) is 0.782. The maximum absolute atomic E-state index is 11.1. The van der Waals surface area contributed by atoms with E-state index >= 15 is 0 Å². The molecule has 2 nitrogen and oxygen atoms in total. The molecule has 80 valence electrons. The molecule has 1 aromatic carbocycles. The molecule has 1 aromatic heterocycles. The second-order valence-electron chi connectivity index (χ2n) is 3.50. The number of rotatable bonds is 2. The van der Waals surface area contributed by atoms with Crippen molar-refractivity contribution in [1.82, 2.24) is 4.98 Å². The summed E-state index contributed by atoms with van der Waals surface area (Å²) in [5, 5.41) is 0. The van der Waals surface area contributed by atoms with Crippen LogP contribution in [0.3, 0.4) is 0 Å². The second-order valence-corrected chi connectivity index (χ2v) is 4.41. The number of benzene rings is 1. The Morgan fingerprint density at radius 1 is 1.06 bits per heavy atom. The van der Waals surface area contributed by atoms with Crippen LogP contribution in [0.4, 0.5) is 0 Å². The molecule has 0 saturated heterocycles. The van der Waals surface area contributed by atoms with Gasteiger partial charge in [0, 0.05) is 23.2 Å². The standard InChI is InChI=1S/C13H10BrNO/c1-9(16)13-7-4-11(8-15-13)10-2-5-12(14)6-3-10/h2-8H,1H3. The summed E-state index contributed by atoms with van der Waals surface area (Å²) in [5.74, 6) is -0.0117. The predicted octanol–water partition coefficient (Wildman–Crippen LogP) is 3.71. The Morgan fingerprint density at radius 2 is 1.69 bits per heavy atom. The first-order valence-corrected chi connectivity index (χ1v) is 5.69. The van der Waals surface area contributed by atoms with Crippen molar-refractivity contribution in [2.75, 3.05) is 0 Å². The number of aromatic nitrogens is 1. The third-order valence-corrected chi connectivity index (χ3v) is 2.83. The number of halogens is 1. The fourth-order valence-corrected chi connectivity index (χ4v) is 1.68. The van der Waals surface area contributed by atoms with Crippen molar-refractivity contribution < 1.29 is 4.79 Å². The number of Topliss-reactive ketones (excluding diaryl/α,β-unsaturated/α-hetero) is 1. The molecule has 0 aliphatic carbocycles. The van der Waals surface area contributed by atoms with Gasteiger partial charge in [-0.05, 0) is 23.8 Å². The third-order valence-electron chi connectivity index (χ3n) is 2.30. The number of carbonyl (C=O) groups excluding carboxylic acids is 1. The SMILES string of the molecule is CC(=O)c1ccc(-c2ccc(Br)cc2)cn1. The highest BCUT2D eigenvalue weighted by atomic mass is 79.9. The largest absolute Gasteiger partial charge is 0.293 e. The Bertz CT molecular complexity index is 502. The maximum Gasteiger partial charge on any atom is 0.178 e. The van der Waals surface area contributed by atoms with Gasteiger partial charge in [-0.1, -0.05) is 34.1 Å². The zero-order valence-corrected chi connectivity index (χ0v) is 10.4. The molecule has 0 N–H and O–H groups in total. The molecule has 0 amide bonds. The summed E-state index contributed by atoms with van der Waals surface area (Å²) in [5.41, 5.74) is 2.60. The lowest BCUT2D eigenvalue weighted by atomic mass is 10.1. The predicted molar refractivity (Wildman–Crippen MR) is 67.4 cm³/mol. The van der Waals surface area contributed by atoms with Crippen molar-refractivity contribution in [3.8, 4) is 11.1 Å². The molecular weight excluding hydrogens is 266 g/mol. The van der Waals surface area contributed by atoms with Gasteiger partial charge >= 0.3 is 0 Å². The fraction of sp³-hybridized carbons (Fsp3) is 0.0769. The van der Waals surface area contributed by atoms with Crippen LogP contribution in [0.25, 0.3) is 11.1 Å². The highest BCUT2D eigenvalue weighted by molar-refractivity contribution is 9.10. The number of nitrogens with zero attached hydrogens (tertiary/aromatic N) is 1. The van der Waals surface area contributed by atoms with E-state index in [0.717, 1.165) is 15.6 Å². The molecule has 0 aliphatic rings. The summed E-state index contributed by atoms with van der Waals surface area (Å²) in [6, 6.07) is 11.6. The normalized spacial score (nSPS) is 10.1. The average molecular weight is 276 g/mol. The van der Waals surface area contributed by atoms with Crippen LogP contribution in [0.15, 0.2) is 47.1 Å². The van der Waals surface area contributed by atoms with E-state index in [9.17, 15) is 4.79 Å². The van der Waals surface area contributed by atoms with Crippen LogP contribution in [0.5, 0.6) is 0 Å². The first-order valence-electron chi connectivity index (χ1n) is 4.90. The van der Waals surface area contributed by atoms with Crippen LogP contribution < -0.4 is 0 Å². The maximum atomic E-state index is 11.1. The van der Waals surface area contributed by atoms with Crippen LogP contribution in [0.2, 0.25) is 0 Å². The zero-order chi connectivity index (χ0) is 11.5. The molecule has 0 radical (unpaired) electrons. The molecule has 0 fully saturated rings. The van der Waals surface area contributed by atoms with Gasteiger partial charge in [0.2, 0.25) is 0 Å². The lowest BCUT2D eigenvalue weighted by Crippen LogP contribution is -1.95. The lowest BCUT2D eigenvalue weighted by molar-refractivity contribution is 0.101. The molecule has 0 atom stereocenters. The Labute approximate surface area is 102 Å². The topological polar surface area (TPSA) is 30.0 Å². The fourth-order valence-electron chi connectivity index (χ4n) is 1.42. The summed E-state index contributed by atoms with van der Waals surface area (Å²) in [6.45, 7) is 1.52. The van der Waals surface area contributed by atoms with Crippen LogP contribution in [0.1, 0.15) is 17.4 Å². The zero-order valence-electron chi connectivity index (χ0n) is 8.77. The Balaban J connectivity index is 2.34. The van der Waals surface area contributed by atoms with Gasteiger partial charge in [0.05, 0.1) is 0 Å². The molecule has 0 unspecified atom stereocenters. The first kappa shape index (κ1) is 11.0. The van der Waals surface area contributed by atoms with Gasteiger partial charge in [-0.25, -0.2) is 0 Å². The number of carbonyl (C=O) groups is 1. The van der Waals surface area contributed by atoms with E-state index in [1.54, 1.807) is 12.3 Å². The average Bonchev–Trinajstić information content (AvgIpc) is 2.30. The first-order chi connectivity index (χ1) is 7.66. The summed E-state index contributed by atoms with van der Waals surface area (Å²) < 4.78 is 1.05. The van der Waals surface area contributed by atoms with Gasteiger partial charge in [-0.3, -0.25) is 9.78 Å². The Morgan fingerprint density at radius 3 is 2.19 bits per heavy atom. The molecule has 3 heteroatoms. The summed E-state index contributed by atoms with van der Waals surface area (Å²) in [7, 11) is 0. The van der Waals surface area contributed by atoms with Gasteiger partial charge in [0.15, 0.2) is 5.78 Å². The van der Waals surface area contributed by atoms with Gasteiger partial charge in [0.25, 0.3) is 0 Å². The highest BCUT2D eigenvalue weighted by Crippen LogP contribution is 2.21. The summed E-state index contributed by atoms with van der Waals surface area (Å²) in [4.78, 5) is 15.2. The molecule has 16 heavy (non-hydrogen) atoms. The van der Waals surface area contributed by atoms with Crippen LogP contribution >= 0.6 is 15.9 Å². The minimum absolute atomic E-state index is 0.0117. The molecule has 1 heterocycles. The van der Waals surface area contributed by atoms with Crippen LogP contribution in [0, 0.1) is 0 Å². The third kappa shape index (κ3) is 2.36. The number of hydrogen-bond acceptors (Lipinski definition) is 2. The van der Waals surface area contributed by atoms with Gasteiger partial charge in [0.1, 0.15) is 5.69 Å². The van der Waals surface area contributed by atoms with E-state index in [1.165, 1.54) is 6.92 Å². The van der Waals surface area contributed by atoms with Gasteiger partial charge < -0.3 is 0 Å². The van der Waals surface area contributed by atoms with E-state index in [4.69, 9.17) is 0 Å². The van der Waals surface area contributed by atoms with Crippen molar-refractivity contribution >= 4 is 21.7 Å². The second kappa shape index (κ2) is 4.58. The van der Waals surface area contributed by atoms with E-state index < -0.39 is 0 Å². The van der Waals surface area contributed by atoms with Crippen molar-refractivity contribution in [1.29, 1.82) is 0 Å². The molecule has 0 bridgehead atoms. The van der Waals surface area contributed by atoms with E-state index in [-0.39, 0.29) is 5.78 Å². The smallest absolute Gasteiger partial charge is 0.178 e. The minimum atomic E-state index is -0.0117. The number of ketones is 1. The lowest BCUT2D eigenvalue weighted by Gasteiger charge is -2.02. The number of hydrogen-bond donors (Lipinski definition) is 0. The molecule has 0 saturated carbocycles. The molecular formula is C13H10BrNO. The Kier molecular flexibility index (Phi) is 3.15. The van der Waals surface area contributed by atoms with Crippen molar-refractivity contribution in [2.24, 2.45) is 0 Å². The monoisotopic (exact) mass is 275 g/mol. The number of pyridine rings is 1. The van der Waals surface area contributed by atoms with Crippen LogP contribution in [-0.4, -0.2) is 10.8 Å². The molecule has 2 aromatic rings. The summed E-state index contributed by atoms with van der Waals surface area (Å²) >= 11 is 3.39. The van der Waals surface area contributed by atoms with E-state index in [0.29, 0.717) is 5.69 Å². The highest BCUT2D eigenvalue weighted by Gasteiger charge is 2.02. The molecule has 0 spiro atoms. The van der Waals surface area contributed by atoms with Crippen molar-refractivity contribution in [3.63, 3.8) is 0 Å². The van der Waals surface area contributed by atoms with Crippen molar-refractivity contribution in [2.45, 2.75) is 6.92 Å². The molecule has 2 rings (SSSR count). The molecule has 0 aliphatic heterocycles. The summed E-state index contributed by atoms with van der Waals surface area (Å²) in [6.07, 6.45) is 1.72. The van der Waals surface area contributed by atoms with Crippen LogP contribution in [-0.2, 0) is 0 Å². The van der Waals surface area contributed by atoms with Crippen molar-refractivity contribution in [3.05, 3.63) is 52.8 Å².